The number of carbonyl (C=O) groups excluding carboxylic acids is 1. The van der Waals surface area contributed by atoms with Crippen LogP contribution in [-0.4, -0.2) is 39.4 Å². The predicted octanol–water partition coefficient (Wildman–Crippen LogP) is 6.31. The third-order valence-electron chi connectivity index (χ3n) is 5.35. The Morgan fingerprint density at radius 1 is 1.18 bits per heavy atom. The first-order valence-electron chi connectivity index (χ1n) is 11.6. The topological polar surface area (TPSA) is 64.6 Å². The molecule has 0 N–H and O–H groups in total. The van der Waals surface area contributed by atoms with E-state index in [1.54, 1.807) is 16.2 Å². The Kier molecular flexibility index (Phi) is 6.78. The third-order valence-corrected chi connectivity index (χ3v) is 6.37. The summed E-state index contributed by atoms with van der Waals surface area (Å²) in [6, 6.07) is 6.31. The van der Waals surface area contributed by atoms with Gasteiger partial charge in [0.05, 0.1) is 6.10 Å². The van der Waals surface area contributed by atoms with Crippen LogP contribution < -0.4 is 0 Å². The third kappa shape index (κ3) is 5.66. The number of fused-ring (bicyclic) bond motifs is 1. The summed E-state index contributed by atoms with van der Waals surface area (Å²) in [6.45, 7) is 12.9. The number of hydrogen-bond donors (Lipinski definition) is 0. The zero-order valence-electron chi connectivity index (χ0n) is 20.6. The summed E-state index contributed by atoms with van der Waals surface area (Å²) in [5, 5.41) is 10.6. The molecule has 0 spiro atoms. The van der Waals surface area contributed by atoms with E-state index >= 15 is 0 Å². The van der Waals surface area contributed by atoms with E-state index in [0.717, 1.165) is 44.5 Å². The Morgan fingerprint density at radius 2 is 1.94 bits per heavy atom. The van der Waals surface area contributed by atoms with Crippen molar-refractivity contribution in [1.82, 2.24) is 15.1 Å². The van der Waals surface area contributed by atoms with Crippen LogP contribution in [0.15, 0.2) is 53.5 Å². The molecule has 6 nitrogen and oxygen atoms in total. The molecule has 2 aliphatic rings. The molecule has 4 rings (SSSR count). The Labute approximate surface area is 205 Å². The molecule has 0 atom stereocenters. The standard InChI is InChI=1S/C27H31N3O3S/c1-17(2)32-23-9-7-8-20(14-18(23)3)24-28-29-25(34-24)21-10-11-22-16-30(13-12-19(22)15-21)26(31)33-27(4,5)6/h7-8,10-11,14-15,17H,12-13,16H2,1-6H3. The van der Waals surface area contributed by atoms with E-state index in [1.165, 1.54) is 5.56 Å². The van der Waals surface area contributed by atoms with Gasteiger partial charge in [-0.1, -0.05) is 29.2 Å². The van der Waals surface area contributed by atoms with Crippen molar-refractivity contribution in [1.29, 1.82) is 0 Å². The van der Waals surface area contributed by atoms with Crippen LogP contribution in [0.3, 0.4) is 0 Å². The lowest BCUT2D eigenvalue weighted by Crippen LogP contribution is -2.39. The summed E-state index contributed by atoms with van der Waals surface area (Å²) >= 11 is 1.56. The van der Waals surface area contributed by atoms with Crippen molar-refractivity contribution in [2.45, 2.75) is 66.2 Å². The second kappa shape index (κ2) is 9.61. The lowest BCUT2D eigenvalue weighted by molar-refractivity contribution is 0.0224. The molecule has 1 aliphatic heterocycles. The van der Waals surface area contributed by atoms with Crippen LogP contribution in [0.4, 0.5) is 4.79 Å². The molecule has 1 aliphatic carbocycles. The molecule has 0 saturated heterocycles. The molecule has 2 heterocycles. The van der Waals surface area contributed by atoms with E-state index in [4.69, 9.17) is 9.47 Å². The van der Waals surface area contributed by atoms with Gasteiger partial charge in [-0.15, -0.1) is 10.2 Å². The Hall–Kier alpha value is -3.15. The van der Waals surface area contributed by atoms with Crippen LogP contribution in [0.2, 0.25) is 0 Å². The van der Waals surface area contributed by atoms with E-state index in [1.807, 2.05) is 53.7 Å². The number of benzene rings is 1. The second-order valence-electron chi connectivity index (χ2n) is 9.80. The first-order chi connectivity index (χ1) is 16.1. The lowest BCUT2D eigenvalue weighted by Gasteiger charge is -2.31. The molecular formula is C27H31N3O3S. The van der Waals surface area contributed by atoms with E-state index in [0.29, 0.717) is 13.1 Å². The highest BCUT2D eigenvalue weighted by atomic mass is 32.1. The molecule has 178 valence electrons. The first kappa shape index (κ1) is 24.0. The van der Waals surface area contributed by atoms with Crippen LogP contribution in [0.25, 0.3) is 16.1 Å². The summed E-state index contributed by atoms with van der Waals surface area (Å²) in [4.78, 5) is 14.2. The predicted molar refractivity (Wildman–Crippen MR) is 135 cm³/mol. The second-order valence-corrected chi connectivity index (χ2v) is 10.8. The van der Waals surface area contributed by atoms with Crippen LogP contribution in [0.1, 0.15) is 57.7 Å². The van der Waals surface area contributed by atoms with Crippen LogP contribution in [-0.2, 0) is 22.4 Å². The van der Waals surface area contributed by atoms with Gasteiger partial charge in [-0.05, 0) is 83.4 Å². The normalized spacial score (nSPS) is 15.9. The summed E-state index contributed by atoms with van der Waals surface area (Å²) in [7, 11) is 0. The van der Waals surface area contributed by atoms with E-state index < -0.39 is 5.60 Å². The van der Waals surface area contributed by atoms with E-state index in [-0.39, 0.29) is 12.2 Å². The number of aromatic nitrogens is 2. The quantitative estimate of drug-likeness (QED) is 0.483. The average Bonchev–Trinajstić information content (AvgIpc) is 3.18. The number of carbonyl (C=O) groups is 1. The molecule has 0 unspecified atom stereocenters. The van der Waals surface area contributed by atoms with E-state index in [9.17, 15) is 4.79 Å². The fourth-order valence-corrected chi connectivity index (χ4v) is 4.62. The average molecular weight is 478 g/mol. The van der Waals surface area contributed by atoms with Gasteiger partial charge in [0.2, 0.25) is 0 Å². The summed E-state index contributed by atoms with van der Waals surface area (Å²) in [5.74, 6) is 0.751. The Balaban J connectivity index is 1.49. The highest BCUT2D eigenvalue weighted by molar-refractivity contribution is 7.15. The summed E-state index contributed by atoms with van der Waals surface area (Å²) in [5.41, 5.74) is 8.13. The molecular weight excluding hydrogens is 446 g/mol. The van der Waals surface area contributed by atoms with Crippen LogP contribution >= 0.6 is 11.3 Å². The van der Waals surface area contributed by atoms with Crippen molar-refractivity contribution in [2.24, 2.45) is 0 Å². The maximum atomic E-state index is 12.4. The lowest BCUT2D eigenvalue weighted by atomic mass is 9.97. The minimum atomic E-state index is -0.494. The van der Waals surface area contributed by atoms with Gasteiger partial charge in [-0.3, -0.25) is 0 Å². The fourth-order valence-electron chi connectivity index (χ4n) is 3.79. The Bertz CT molecular complexity index is 1220. The molecule has 2 aromatic rings. The molecule has 34 heavy (non-hydrogen) atoms. The van der Waals surface area contributed by atoms with Crippen molar-refractivity contribution in [3.63, 3.8) is 0 Å². The number of amides is 1. The number of nitrogens with zero attached hydrogens (tertiary/aromatic N) is 3. The van der Waals surface area contributed by atoms with Crippen LogP contribution in [0.5, 0.6) is 0 Å². The van der Waals surface area contributed by atoms with E-state index in [2.05, 4.69) is 40.2 Å². The van der Waals surface area contributed by atoms with Gasteiger partial charge in [0.15, 0.2) is 5.76 Å². The minimum Gasteiger partial charge on any atom is -0.483 e. The number of rotatable bonds is 4. The van der Waals surface area contributed by atoms with Gasteiger partial charge in [0, 0.05) is 29.8 Å². The Morgan fingerprint density at radius 3 is 2.68 bits per heavy atom. The zero-order valence-corrected chi connectivity index (χ0v) is 21.5. The van der Waals surface area contributed by atoms with Crippen molar-refractivity contribution >= 4 is 23.0 Å². The van der Waals surface area contributed by atoms with Gasteiger partial charge < -0.3 is 14.4 Å². The van der Waals surface area contributed by atoms with Gasteiger partial charge >= 0.3 is 6.09 Å². The summed E-state index contributed by atoms with van der Waals surface area (Å²) < 4.78 is 11.4. The molecule has 0 fully saturated rings. The maximum Gasteiger partial charge on any atom is 0.410 e. The number of allylic oxidation sites excluding steroid dienone is 4. The monoisotopic (exact) mass is 477 g/mol. The fraction of sp³-hybridized carbons (Fsp3) is 0.407. The van der Waals surface area contributed by atoms with Gasteiger partial charge in [-0.25, -0.2) is 4.79 Å². The molecule has 1 aromatic carbocycles. The minimum absolute atomic E-state index is 0.0918. The van der Waals surface area contributed by atoms with Crippen molar-refractivity contribution in [3.8, 4) is 10.6 Å². The zero-order chi connectivity index (χ0) is 24.5. The number of hydrogen-bond acceptors (Lipinski definition) is 6. The molecule has 0 bridgehead atoms. The maximum absolute atomic E-state index is 12.4. The van der Waals surface area contributed by atoms with Crippen molar-refractivity contribution in [2.75, 3.05) is 6.54 Å². The van der Waals surface area contributed by atoms with Gasteiger partial charge in [-0.2, -0.15) is 0 Å². The molecule has 1 amide bonds. The largest absolute Gasteiger partial charge is 0.483 e. The van der Waals surface area contributed by atoms with Crippen LogP contribution in [0, 0.1) is 0 Å². The SMILES string of the molecule is CC1=CC(c2nnc(-c3ccc4c(c3)CCN(C(=O)OC(C)(C)C)C4)s2)=CC=C=C1OC(C)C. The van der Waals surface area contributed by atoms with Gasteiger partial charge in [0.25, 0.3) is 0 Å². The smallest absolute Gasteiger partial charge is 0.410 e. The van der Waals surface area contributed by atoms with Gasteiger partial charge in [0.1, 0.15) is 15.6 Å². The highest BCUT2D eigenvalue weighted by Gasteiger charge is 2.26. The molecule has 0 saturated carbocycles. The van der Waals surface area contributed by atoms with Crippen molar-refractivity contribution < 1.29 is 14.3 Å². The highest BCUT2D eigenvalue weighted by Crippen LogP contribution is 2.32. The van der Waals surface area contributed by atoms with Crippen molar-refractivity contribution in [3.05, 3.63) is 69.6 Å². The molecule has 1 aromatic heterocycles. The number of ether oxygens (including phenoxy) is 2. The first-order valence-corrected chi connectivity index (χ1v) is 12.4. The summed E-state index contributed by atoms with van der Waals surface area (Å²) in [6.07, 6.45) is 6.54. The molecule has 7 heteroatoms. The molecule has 0 radical (unpaired) electrons.